The quantitative estimate of drug-likeness (QED) is 0.715. The molecule has 0 bridgehead atoms. The Morgan fingerprint density at radius 1 is 1.32 bits per heavy atom. The Balaban J connectivity index is 1.77. The maximum absolute atomic E-state index is 12.4. The van der Waals surface area contributed by atoms with Crippen LogP contribution in [-0.2, 0) is 25.7 Å². The van der Waals surface area contributed by atoms with Crippen molar-refractivity contribution in [3.8, 4) is 0 Å². The van der Waals surface area contributed by atoms with Gasteiger partial charge in [0.25, 0.3) is 5.91 Å². The van der Waals surface area contributed by atoms with Crippen LogP contribution in [0.2, 0.25) is 0 Å². The lowest BCUT2D eigenvalue weighted by molar-refractivity contribution is -0.183. The average molecular weight is 367 g/mol. The Kier molecular flexibility index (Phi) is 5.63. The number of aliphatic hydroxyl groups excluding tert-OH is 2. The number of nitrogens with zero attached hydrogens (tertiary/aromatic N) is 1. The van der Waals surface area contributed by atoms with Gasteiger partial charge in [-0.2, -0.15) is 0 Å². The van der Waals surface area contributed by atoms with Crippen LogP contribution in [0.15, 0.2) is 30.3 Å². The summed E-state index contributed by atoms with van der Waals surface area (Å²) in [6.07, 6.45) is -3.75. The van der Waals surface area contributed by atoms with E-state index in [1.807, 2.05) is 30.3 Å². The third kappa shape index (κ3) is 3.52. The number of esters is 1. The first-order chi connectivity index (χ1) is 12.0. The highest BCUT2D eigenvalue weighted by molar-refractivity contribution is 8.00. The normalized spacial score (nSPS) is 31.7. The molecular weight excluding hydrogens is 346 g/mol. The van der Waals surface area contributed by atoms with E-state index < -0.39 is 41.6 Å². The van der Waals surface area contributed by atoms with E-state index in [1.54, 1.807) is 6.92 Å². The number of thioether (sulfide) groups is 1. The molecule has 0 unspecified atom stereocenters. The summed E-state index contributed by atoms with van der Waals surface area (Å²) in [5.74, 6) is -0.823. The number of hydrogen-bond acceptors (Lipinski definition) is 7. The minimum Gasteiger partial charge on any atom is -0.464 e. The van der Waals surface area contributed by atoms with E-state index in [4.69, 9.17) is 9.47 Å². The summed E-state index contributed by atoms with van der Waals surface area (Å²) in [7, 11) is 0. The van der Waals surface area contributed by atoms with Crippen LogP contribution in [0.4, 0.5) is 0 Å². The summed E-state index contributed by atoms with van der Waals surface area (Å²) in [5.41, 5.74) is 0.914. The maximum atomic E-state index is 12.4. The first kappa shape index (κ1) is 18.2. The SMILES string of the molecule is CCOC(=O)[C@@H]1CS[C@H]2[C@@H](OCc3ccccc3)[C@H](O)[C@H](O)C(=O)N12. The van der Waals surface area contributed by atoms with Crippen LogP contribution in [-0.4, -0.2) is 69.1 Å². The second kappa shape index (κ2) is 7.74. The van der Waals surface area contributed by atoms with Crippen molar-refractivity contribution in [2.45, 2.75) is 43.3 Å². The molecule has 1 aromatic carbocycles. The highest BCUT2D eigenvalue weighted by atomic mass is 32.2. The second-order valence-corrected chi connectivity index (χ2v) is 7.08. The summed E-state index contributed by atoms with van der Waals surface area (Å²) in [4.78, 5) is 25.8. The molecule has 7 nitrogen and oxygen atoms in total. The Labute approximate surface area is 149 Å². The third-order valence-electron chi connectivity index (χ3n) is 4.33. The predicted octanol–water partition coefficient (Wildman–Crippen LogP) is 0.140. The van der Waals surface area contributed by atoms with Gasteiger partial charge in [0.15, 0.2) is 6.10 Å². The molecular formula is C17H21NO6S. The first-order valence-electron chi connectivity index (χ1n) is 8.16. The van der Waals surface area contributed by atoms with Gasteiger partial charge in [-0.15, -0.1) is 11.8 Å². The van der Waals surface area contributed by atoms with Crippen molar-refractivity contribution in [1.82, 2.24) is 4.90 Å². The van der Waals surface area contributed by atoms with Crippen molar-refractivity contribution in [2.75, 3.05) is 12.4 Å². The minimum atomic E-state index is -1.62. The van der Waals surface area contributed by atoms with Gasteiger partial charge in [0.05, 0.1) is 13.2 Å². The fraction of sp³-hybridized carbons (Fsp3) is 0.529. The molecule has 2 heterocycles. The summed E-state index contributed by atoms with van der Waals surface area (Å²) in [5, 5.41) is 19.9. The number of ether oxygens (including phenoxy) is 2. The van der Waals surface area contributed by atoms with Crippen LogP contribution in [0.1, 0.15) is 12.5 Å². The second-order valence-electron chi connectivity index (χ2n) is 5.93. The zero-order valence-electron chi connectivity index (χ0n) is 13.8. The van der Waals surface area contributed by atoms with E-state index in [0.29, 0.717) is 5.75 Å². The minimum absolute atomic E-state index is 0.214. The van der Waals surface area contributed by atoms with E-state index in [-0.39, 0.29) is 13.2 Å². The first-order valence-corrected chi connectivity index (χ1v) is 9.21. The maximum Gasteiger partial charge on any atom is 0.329 e. The largest absolute Gasteiger partial charge is 0.464 e. The fourth-order valence-corrected chi connectivity index (χ4v) is 4.59. The molecule has 2 N–H and O–H groups in total. The van der Waals surface area contributed by atoms with Gasteiger partial charge < -0.3 is 24.6 Å². The molecule has 0 spiro atoms. The lowest BCUT2D eigenvalue weighted by atomic mass is 9.99. The van der Waals surface area contributed by atoms with Gasteiger partial charge in [-0.3, -0.25) is 4.79 Å². The van der Waals surface area contributed by atoms with Crippen molar-refractivity contribution in [1.29, 1.82) is 0 Å². The van der Waals surface area contributed by atoms with Gasteiger partial charge in [-0.25, -0.2) is 4.79 Å². The lowest BCUT2D eigenvalue weighted by Crippen LogP contribution is -2.64. The highest BCUT2D eigenvalue weighted by Crippen LogP contribution is 2.39. The number of aliphatic hydroxyl groups is 2. The smallest absolute Gasteiger partial charge is 0.329 e. The number of piperidine rings is 1. The average Bonchev–Trinajstić information content (AvgIpc) is 3.06. The topological polar surface area (TPSA) is 96.3 Å². The van der Waals surface area contributed by atoms with Crippen LogP contribution in [0.5, 0.6) is 0 Å². The molecule has 3 rings (SSSR count). The Bertz CT molecular complexity index is 627. The van der Waals surface area contributed by atoms with E-state index >= 15 is 0 Å². The predicted molar refractivity (Wildman–Crippen MR) is 90.5 cm³/mol. The van der Waals surface area contributed by atoms with Crippen molar-refractivity contribution in [3.63, 3.8) is 0 Å². The van der Waals surface area contributed by atoms with Gasteiger partial charge in [0.2, 0.25) is 0 Å². The molecule has 1 amide bonds. The van der Waals surface area contributed by atoms with E-state index in [9.17, 15) is 19.8 Å². The molecule has 1 aromatic rings. The van der Waals surface area contributed by atoms with Gasteiger partial charge in [-0.05, 0) is 12.5 Å². The monoisotopic (exact) mass is 367 g/mol. The Hall–Kier alpha value is -1.61. The molecule has 5 atom stereocenters. The van der Waals surface area contributed by atoms with Crippen LogP contribution < -0.4 is 0 Å². The molecule has 2 fully saturated rings. The van der Waals surface area contributed by atoms with Crippen LogP contribution in [0.3, 0.4) is 0 Å². The van der Waals surface area contributed by atoms with Gasteiger partial charge in [-0.1, -0.05) is 30.3 Å². The number of fused-ring (bicyclic) bond motifs is 1. The van der Waals surface area contributed by atoms with Crippen molar-refractivity contribution < 1.29 is 29.3 Å². The number of carbonyl (C=O) groups excluding carboxylic acids is 2. The van der Waals surface area contributed by atoms with Gasteiger partial charge >= 0.3 is 5.97 Å². The number of amides is 1. The third-order valence-corrected chi connectivity index (χ3v) is 5.67. The molecule has 0 radical (unpaired) electrons. The number of carbonyl (C=O) groups is 2. The van der Waals surface area contributed by atoms with Crippen LogP contribution >= 0.6 is 11.8 Å². The number of hydrogen-bond donors (Lipinski definition) is 2. The molecule has 2 aliphatic rings. The van der Waals surface area contributed by atoms with E-state index in [2.05, 4.69) is 0 Å². The number of rotatable bonds is 5. The van der Waals surface area contributed by atoms with Crippen LogP contribution in [0, 0.1) is 0 Å². The Morgan fingerprint density at radius 2 is 2.04 bits per heavy atom. The standard InChI is InChI=1S/C17H21NO6S/c1-2-23-17(22)11-9-25-16-14(12(19)13(20)15(21)18(11)16)24-8-10-6-4-3-5-7-10/h3-7,11-14,16,19-20H,2,8-9H2,1H3/t11-,12+,13-,14-,16-/m0/s1. The molecule has 0 saturated carbocycles. The molecule has 8 heteroatoms. The summed E-state index contributed by atoms with van der Waals surface area (Å²) >= 11 is 1.35. The van der Waals surface area contributed by atoms with Gasteiger partial charge in [0.1, 0.15) is 23.6 Å². The molecule has 0 aliphatic carbocycles. The molecule has 136 valence electrons. The molecule has 25 heavy (non-hydrogen) atoms. The molecule has 0 aromatic heterocycles. The zero-order valence-corrected chi connectivity index (χ0v) is 14.6. The van der Waals surface area contributed by atoms with Crippen molar-refractivity contribution in [2.24, 2.45) is 0 Å². The summed E-state index contributed by atoms with van der Waals surface area (Å²) in [6.45, 7) is 2.14. The molecule has 2 aliphatic heterocycles. The summed E-state index contributed by atoms with van der Waals surface area (Å²) < 4.78 is 10.8. The Morgan fingerprint density at radius 3 is 2.72 bits per heavy atom. The lowest BCUT2D eigenvalue weighted by Gasteiger charge is -2.42. The van der Waals surface area contributed by atoms with E-state index in [0.717, 1.165) is 5.56 Å². The van der Waals surface area contributed by atoms with E-state index in [1.165, 1.54) is 16.7 Å². The van der Waals surface area contributed by atoms with Gasteiger partial charge in [0, 0.05) is 5.75 Å². The van der Waals surface area contributed by atoms with Crippen molar-refractivity contribution >= 4 is 23.6 Å². The fourth-order valence-electron chi connectivity index (χ4n) is 3.07. The molecule has 2 saturated heterocycles. The zero-order chi connectivity index (χ0) is 18.0. The van der Waals surface area contributed by atoms with Crippen LogP contribution in [0.25, 0.3) is 0 Å². The van der Waals surface area contributed by atoms with Crippen molar-refractivity contribution in [3.05, 3.63) is 35.9 Å². The summed E-state index contributed by atoms with van der Waals surface area (Å²) in [6, 6.07) is 8.64. The highest BCUT2D eigenvalue weighted by Gasteiger charge is 2.55. The number of benzene rings is 1.